The molecule has 1 amide bonds. The van der Waals surface area contributed by atoms with Crippen LogP contribution in [0.3, 0.4) is 0 Å². The zero-order valence-electron chi connectivity index (χ0n) is 10.9. The maximum atomic E-state index is 12.2. The lowest BCUT2D eigenvalue weighted by Crippen LogP contribution is -2.50. The molecule has 0 radical (unpaired) electrons. The summed E-state index contributed by atoms with van der Waals surface area (Å²) in [6.07, 6.45) is 1.08. The number of phenols is 1. The van der Waals surface area contributed by atoms with Crippen LogP contribution in [0.4, 0.5) is 0 Å². The van der Waals surface area contributed by atoms with Crippen molar-refractivity contribution in [1.82, 2.24) is 10.6 Å². The summed E-state index contributed by atoms with van der Waals surface area (Å²) in [6.45, 7) is 5.84. The van der Waals surface area contributed by atoms with Crippen molar-refractivity contribution in [2.24, 2.45) is 5.92 Å². The van der Waals surface area contributed by atoms with Crippen LogP contribution in [0.2, 0.25) is 0 Å². The predicted octanol–water partition coefficient (Wildman–Crippen LogP) is 1.43. The van der Waals surface area contributed by atoms with Crippen LogP contribution in [-0.4, -0.2) is 30.1 Å². The van der Waals surface area contributed by atoms with Gasteiger partial charge < -0.3 is 15.7 Å². The summed E-state index contributed by atoms with van der Waals surface area (Å²) in [5, 5.41) is 15.7. The summed E-state index contributed by atoms with van der Waals surface area (Å²) in [5.41, 5.74) is 1.43. The predicted molar refractivity (Wildman–Crippen MR) is 70.7 cm³/mol. The molecule has 4 nitrogen and oxygen atoms in total. The molecule has 98 valence electrons. The highest BCUT2D eigenvalue weighted by Crippen LogP contribution is 2.17. The summed E-state index contributed by atoms with van der Waals surface area (Å²) in [7, 11) is 0. The third-order valence-corrected chi connectivity index (χ3v) is 3.60. The number of carbonyl (C=O) groups excluding carboxylic acids is 1. The molecule has 2 unspecified atom stereocenters. The van der Waals surface area contributed by atoms with Gasteiger partial charge in [-0.3, -0.25) is 4.79 Å². The Bertz CT molecular complexity index is 445. The number of aryl methyl sites for hydroxylation is 1. The van der Waals surface area contributed by atoms with E-state index in [1.807, 2.05) is 6.92 Å². The van der Waals surface area contributed by atoms with Crippen molar-refractivity contribution in [1.29, 1.82) is 0 Å². The molecule has 1 aliphatic heterocycles. The number of phenolic OH excluding ortho intramolecular Hbond substituents is 1. The highest BCUT2D eigenvalue weighted by molar-refractivity contribution is 5.96. The van der Waals surface area contributed by atoms with Crippen molar-refractivity contribution < 1.29 is 9.90 Å². The first-order valence-corrected chi connectivity index (χ1v) is 6.39. The number of piperidine rings is 1. The van der Waals surface area contributed by atoms with Gasteiger partial charge in [0.2, 0.25) is 0 Å². The van der Waals surface area contributed by atoms with Gasteiger partial charge in [0.25, 0.3) is 5.91 Å². The molecular weight excluding hydrogens is 228 g/mol. The minimum atomic E-state index is -0.0620. The molecule has 0 saturated carbocycles. The highest BCUT2D eigenvalue weighted by Gasteiger charge is 2.23. The lowest BCUT2D eigenvalue weighted by Gasteiger charge is -2.30. The van der Waals surface area contributed by atoms with Crippen molar-refractivity contribution in [3.63, 3.8) is 0 Å². The minimum Gasteiger partial charge on any atom is -0.508 e. The Labute approximate surface area is 107 Å². The standard InChI is InChI=1S/C14H20N2O2/c1-9-5-6-15-8-13(9)16-14(18)12-4-3-11(17)7-10(12)2/h3-4,7,9,13,15,17H,5-6,8H2,1-2H3,(H,16,18). The highest BCUT2D eigenvalue weighted by atomic mass is 16.3. The fraction of sp³-hybridized carbons (Fsp3) is 0.500. The van der Waals surface area contributed by atoms with Crippen molar-refractivity contribution in [3.05, 3.63) is 29.3 Å². The molecule has 1 heterocycles. The van der Waals surface area contributed by atoms with Crippen LogP contribution in [0.25, 0.3) is 0 Å². The fourth-order valence-corrected chi connectivity index (χ4v) is 2.33. The second kappa shape index (κ2) is 5.40. The van der Waals surface area contributed by atoms with Crippen molar-refractivity contribution in [2.45, 2.75) is 26.3 Å². The molecule has 18 heavy (non-hydrogen) atoms. The molecule has 0 aromatic heterocycles. The van der Waals surface area contributed by atoms with Crippen LogP contribution in [0.5, 0.6) is 5.75 Å². The van der Waals surface area contributed by atoms with E-state index in [4.69, 9.17) is 0 Å². The largest absolute Gasteiger partial charge is 0.508 e. The van der Waals surface area contributed by atoms with Gasteiger partial charge in [-0.1, -0.05) is 6.92 Å². The first kappa shape index (κ1) is 12.9. The Morgan fingerprint density at radius 2 is 2.28 bits per heavy atom. The van der Waals surface area contributed by atoms with E-state index >= 15 is 0 Å². The number of rotatable bonds is 2. The first-order chi connectivity index (χ1) is 8.58. The van der Waals surface area contributed by atoms with Crippen LogP contribution in [0, 0.1) is 12.8 Å². The van der Waals surface area contributed by atoms with Gasteiger partial charge in [0.1, 0.15) is 5.75 Å². The second-order valence-electron chi connectivity index (χ2n) is 5.05. The maximum Gasteiger partial charge on any atom is 0.251 e. The summed E-state index contributed by atoms with van der Waals surface area (Å²) < 4.78 is 0. The number of benzene rings is 1. The molecule has 3 N–H and O–H groups in total. The van der Waals surface area contributed by atoms with Gasteiger partial charge >= 0.3 is 0 Å². The van der Waals surface area contributed by atoms with Crippen molar-refractivity contribution >= 4 is 5.91 Å². The molecular formula is C14H20N2O2. The number of hydrogen-bond donors (Lipinski definition) is 3. The third kappa shape index (κ3) is 2.82. The van der Waals surface area contributed by atoms with Gasteiger partial charge in [0.05, 0.1) is 0 Å². The number of hydrogen-bond acceptors (Lipinski definition) is 3. The Hall–Kier alpha value is -1.55. The van der Waals surface area contributed by atoms with Crippen molar-refractivity contribution in [3.8, 4) is 5.75 Å². The average molecular weight is 248 g/mol. The Morgan fingerprint density at radius 3 is 2.94 bits per heavy atom. The zero-order chi connectivity index (χ0) is 13.1. The topological polar surface area (TPSA) is 61.4 Å². The lowest BCUT2D eigenvalue weighted by molar-refractivity contribution is 0.0914. The SMILES string of the molecule is Cc1cc(O)ccc1C(=O)NC1CNCCC1C. The van der Waals surface area contributed by atoms with E-state index in [9.17, 15) is 9.90 Å². The summed E-state index contributed by atoms with van der Waals surface area (Å²) >= 11 is 0. The maximum absolute atomic E-state index is 12.2. The van der Waals surface area contributed by atoms with Gasteiger partial charge in [-0.15, -0.1) is 0 Å². The molecule has 1 aromatic carbocycles. The van der Waals surface area contributed by atoms with Crippen LogP contribution in [0.1, 0.15) is 29.3 Å². The van der Waals surface area contributed by atoms with E-state index in [0.29, 0.717) is 11.5 Å². The van der Waals surface area contributed by atoms with E-state index in [-0.39, 0.29) is 17.7 Å². The van der Waals surface area contributed by atoms with Crippen LogP contribution < -0.4 is 10.6 Å². The summed E-state index contributed by atoms with van der Waals surface area (Å²) in [4.78, 5) is 12.2. The smallest absolute Gasteiger partial charge is 0.251 e. The lowest BCUT2D eigenvalue weighted by atomic mass is 9.94. The normalized spacial score (nSPS) is 23.7. The molecule has 4 heteroatoms. The molecule has 1 aromatic rings. The summed E-state index contributed by atoms with van der Waals surface area (Å²) in [6, 6.07) is 5.00. The van der Waals surface area contributed by atoms with Gasteiger partial charge in [-0.2, -0.15) is 0 Å². The first-order valence-electron chi connectivity index (χ1n) is 6.39. The summed E-state index contributed by atoms with van der Waals surface area (Å²) in [5.74, 6) is 0.623. The van der Waals surface area contributed by atoms with E-state index in [0.717, 1.165) is 25.1 Å². The van der Waals surface area contributed by atoms with E-state index in [2.05, 4.69) is 17.6 Å². The van der Waals surface area contributed by atoms with Crippen molar-refractivity contribution in [2.75, 3.05) is 13.1 Å². The number of nitrogens with one attached hydrogen (secondary N) is 2. The molecule has 2 atom stereocenters. The monoisotopic (exact) mass is 248 g/mol. The van der Waals surface area contributed by atoms with E-state index in [1.165, 1.54) is 0 Å². The molecule has 1 aliphatic rings. The number of aromatic hydroxyl groups is 1. The zero-order valence-corrected chi connectivity index (χ0v) is 10.9. The molecule has 1 saturated heterocycles. The molecule has 0 spiro atoms. The molecule has 1 fully saturated rings. The molecule has 0 bridgehead atoms. The Kier molecular flexibility index (Phi) is 3.87. The minimum absolute atomic E-state index is 0.0620. The Morgan fingerprint density at radius 1 is 1.50 bits per heavy atom. The quantitative estimate of drug-likeness (QED) is 0.742. The molecule has 0 aliphatic carbocycles. The van der Waals surface area contributed by atoms with Gasteiger partial charge in [-0.25, -0.2) is 0 Å². The second-order valence-corrected chi connectivity index (χ2v) is 5.05. The van der Waals surface area contributed by atoms with Gasteiger partial charge in [0, 0.05) is 18.2 Å². The van der Waals surface area contributed by atoms with Crippen LogP contribution in [0.15, 0.2) is 18.2 Å². The average Bonchev–Trinajstić information content (AvgIpc) is 2.32. The van der Waals surface area contributed by atoms with E-state index < -0.39 is 0 Å². The fourth-order valence-electron chi connectivity index (χ4n) is 2.33. The van der Waals surface area contributed by atoms with Gasteiger partial charge in [-0.05, 0) is 49.6 Å². The third-order valence-electron chi connectivity index (χ3n) is 3.60. The van der Waals surface area contributed by atoms with E-state index in [1.54, 1.807) is 18.2 Å². The molecule has 2 rings (SSSR count). The van der Waals surface area contributed by atoms with Crippen LogP contribution in [-0.2, 0) is 0 Å². The number of amides is 1. The Balaban J connectivity index is 2.07. The number of carbonyl (C=O) groups is 1. The van der Waals surface area contributed by atoms with Gasteiger partial charge in [0.15, 0.2) is 0 Å². The van der Waals surface area contributed by atoms with Crippen LogP contribution >= 0.6 is 0 Å².